The molecule has 0 aromatic carbocycles. The maximum absolute atomic E-state index is 10.5. The normalized spacial score (nSPS) is 14.9. The van der Waals surface area contributed by atoms with Crippen molar-refractivity contribution in [2.45, 2.75) is 26.3 Å². The summed E-state index contributed by atoms with van der Waals surface area (Å²) in [6, 6.07) is -1.18. The van der Waals surface area contributed by atoms with Crippen molar-refractivity contribution in [1.29, 1.82) is 0 Å². The first-order chi connectivity index (χ1) is 6.00. The molecule has 0 saturated heterocycles. The number of carbonyl (C=O) groups excluding carboxylic acids is 2. The van der Waals surface area contributed by atoms with Gasteiger partial charge in [-0.2, -0.15) is 0 Å². The lowest BCUT2D eigenvalue weighted by atomic mass is 10.0. The fourth-order valence-corrected chi connectivity index (χ4v) is 0.900. The van der Waals surface area contributed by atoms with Crippen molar-refractivity contribution in [3.63, 3.8) is 0 Å². The van der Waals surface area contributed by atoms with E-state index in [9.17, 15) is 19.8 Å². The quantitative estimate of drug-likeness (QED) is 0.496. The van der Waals surface area contributed by atoms with Crippen molar-refractivity contribution in [2.75, 3.05) is 6.54 Å². The number of hydrogen-bond donors (Lipinski definition) is 1. The zero-order valence-corrected chi connectivity index (χ0v) is 7.70. The molecule has 5 heteroatoms. The van der Waals surface area contributed by atoms with Gasteiger partial charge in [0.15, 0.2) is 0 Å². The minimum Gasteiger partial charge on any atom is -0.550 e. The molecule has 0 spiro atoms. The fraction of sp³-hybridized carbons (Fsp3) is 0.750. The van der Waals surface area contributed by atoms with Gasteiger partial charge in [0.25, 0.3) is 0 Å². The first-order valence-corrected chi connectivity index (χ1v) is 4.15. The van der Waals surface area contributed by atoms with E-state index in [1.165, 1.54) is 6.92 Å². The lowest BCUT2D eigenvalue weighted by Crippen LogP contribution is -2.54. The molecule has 1 N–H and O–H groups in total. The van der Waals surface area contributed by atoms with Gasteiger partial charge in [-0.05, 0) is 13.0 Å². The Balaban J connectivity index is 4.24. The molecule has 0 aliphatic rings. The Labute approximate surface area is 76.8 Å². The average Bonchev–Trinajstić information content (AvgIpc) is 2.04. The molecule has 0 aromatic heterocycles. The van der Waals surface area contributed by atoms with Crippen LogP contribution in [0.4, 0.5) is 0 Å². The van der Waals surface area contributed by atoms with Gasteiger partial charge in [-0.15, -0.1) is 0 Å². The molecule has 76 valence electrons. The number of carboxylic acids is 2. The standard InChI is InChI=1S/C8H15NO4/c1-3-4-9-6(8(12)13)5(2)7(10)11/h5-6,9H,3-4H2,1-2H3,(H,10,11)(H,12,13)/p-2. The summed E-state index contributed by atoms with van der Waals surface area (Å²) in [6.07, 6.45) is 0.726. The van der Waals surface area contributed by atoms with Crippen LogP contribution in [0.15, 0.2) is 0 Å². The Morgan fingerprint density at radius 1 is 1.31 bits per heavy atom. The van der Waals surface area contributed by atoms with Crippen molar-refractivity contribution in [3.8, 4) is 0 Å². The van der Waals surface area contributed by atoms with Crippen LogP contribution in [0.3, 0.4) is 0 Å². The van der Waals surface area contributed by atoms with Crippen molar-refractivity contribution in [2.24, 2.45) is 5.92 Å². The number of carboxylic acid groups (broad SMARTS) is 2. The first kappa shape index (κ1) is 11.9. The van der Waals surface area contributed by atoms with Gasteiger partial charge >= 0.3 is 0 Å². The summed E-state index contributed by atoms with van der Waals surface area (Å²) in [6.45, 7) is 3.57. The Kier molecular flexibility index (Phi) is 5.06. The molecular weight excluding hydrogens is 174 g/mol. The third-order valence-corrected chi connectivity index (χ3v) is 1.74. The second-order valence-electron chi connectivity index (χ2n) is 2.86. The zero-order chi connectivity index (χ0) is 10.4. The smallest absolute Gasteiger partial charge is 0.0590 e. The van der Waals surface area contributed by atoms with Gasteiger partial charge in [-0.3, -0.25) is 0 Å². The van der Waals surface area contributed by atoms with Gasteiger partial charge in [-0.25, -0.2) is 0 Å². The van der Waals surface area contributed by atoms with Gasteiger partial charge in [0.05, 0.1) is 12.0 Å². The molecule has 0 aliphatic heterocycles. The number of rotatable bonds is 6. The summed E-state index contributed by atoms with van der Waals surface area (Å²) in [5.74, 6) is -3.89. The molecule has 0 fully saturated rings. The Bertz CT molecular complexity index is 193. The van der Waals surface area contributed by atoms with Gasteiger partial charge in [-0.1, -0.05) is 13.8 Å². The summed E-state index contributed by atoms with van der Waals surface area (Å²) < 4.78 is 0. The molecule has 0 heterocycles. The van der Waals surface area contributed by atoms with E-state index in [1.54, 1.807) is 0 Å². The van der Waals surface area contributed by atoms with E-state index in [0.29, 0.717) is 6.54 Å². The van der Waals surface area contributed by atoms with Crippen LogP contribution in [0, 0.1) is 5.92 Å². The molecule has 2 atom stereocenters. The minimum absolute atomic E-state index is 0.441. The van der Waals surface area contributed by atoms with Crippen LogP contribution in [0.25, 0.3) is 0 Å². The van der Waals surface area contributed by atoms with Crippen molar-refractivity contribution < 1.29 is 19.8 Å². The van der Waals surface area contributed by atoms with Crippen LogP contribution >= 0.6 is 0 Å². The van der Waals surface area contributed by atoms with E-state index < -0.39 is 23.9 Å². The highest BCUT2D eigenvalue weighted by Crippen LogP contribution is 2.00. The largest absolute Gasteiger partial charge is 0.550 e. The predicted octanol–water partition coefficient (Wildman–Crippen LogP) is -2.51. The number of hydrogen-bond acceptors (Lipinski definition) is 5. The lowest BCUT2D eigenvalue weighted by Gasteiger charge is -2.26. The van der Waals surface area contributed by atoms with E-state index in [0.717, 1.165) is 6.42 Å². The van der Waals surface area contributed by atoms with Crippen LogP contribution in [-0.4, -0.2) is 24.5 Å². The van der Waals surface area contributed by atoms with Crippen LogP contribution in [0.5, 0.6) is 0 Å². The van der Waals surface area contributed by atoms with Gasteiger partial charge in [0.1, 0.15) is 0 Å². The highest BCUT2D eigenvalue weighted by molar-refractivity contribution is 5.80. The molecule has 0 bridgehead atoms. The summed E-state index contributed by atoms with van der Waals surface area (Å²) in [5.41, 5.74) is 0. The number of carbonyl (C=O) groups is 2. The molecular formula is C8H13NO4-2. The van der Waals surface area contributed by atoms with E-state index in [-0.39, 0.29) is 0 Å². The van der Waals surface area contributed by atoms with Gasteiger partial charge in [0, 0.05) is 11.9 Å². The monoisotopic (exact) mass is 187 g/mol. The van der Waals surface area contributed by atoms with E-state index >= 15 is 0 Å². The van der Waals surface area contributed by atoms with Crippen molar-refractivity contribution in [3.05, 3.63) is 0 Å². The molecule has 0 saturated carbocycles. The molecule has 0 aromatic rings. The van der Waals surface area contributed by atoms with Crippen molar-refractivity contribution in [1.82, 2.24) is 5.32 Å². The Morgan fingerprint density at radius 2 is 1.85 bits per heavy atom. The third-order valence-electron chi connectivity index (χ3n) is 1.74. The Hall–Kier alpha value is -1.10. The van der Waals surface area contributed by atoms with Crippen LogP contribution in [0.1, 0.15) is 20.3 Å². The maximum Gasteiger partial charge on any atom is 0.0590 e. The summed E-state index contributed by atoms with van der Waals surface area (Å²) in [5, 5.41) is 23.4. The predicted molar refractivity (Wildman–Crippen MR) is 41.3 cm³/mol. The highest BCUT2D eigenvalue weighted by atomic mass is 16.4. The van der Waals surface area contributed by atoms with Crippen molar-refractivity contribution >= 4 is 11.9 Å². The molecule has 0 rings (SSSR count). The topological polar surface area (TPSA) is 92.3 Å². The van der Waals surface area contributed by atoms with Crippen LogP contribution in [0.2, 0.25) is 0 Å². The lowest BCUT2D eigenvalue weighted by molar-refractivity contribution is -0.322. The summed E-state index contributed by atoms with van der Waals surface area (Å²) >= 11 is 0. The first-order valence-electron chi connectivity index (χ1n) is 4.15. The maximum atomic E-state index is 10.5. The van der Waals surface area contributed by atoms with E-state index in [1.807, 2.05) is 6.92 Å². The second kappa shape index (κ2) is 5.53. The molecule has 0 amide bonds. The van der Waals surface area contributed by atoms with Crippen LogP contribution in [-0.2, 0) is 9.59 Å². The average molecular weight is 187 g/mol. The second-order valence-corrected chi connectivity index (χ2v) is 2.86. The van der Waals surface area contributed by atoms with Crippen LogP contribution < -0.4 is 15.5 Å². The van der Waals surface area contributed by atoms with Gasteiger partial charge in [0.2, 0.25) is 0 Å². The summed E-state index contributed by atoms with van der Waals surface area (Å²) in [7, 11) is 0. The molecule has 5 nitrogen and oxygen atoms in total. The number of nitrogens with one attached hydrogen (secondary N) is 1. The number of aliphatic carboxylic acids is 2. The summed E-state index contributed by atoms with van der Waals surface area (Å²) in [4.78, 5) is 20.9. The SMILES string of the molecule is CCCNC(C(=O)[O-])C(C)C(=O)[O-]. The van der Waals surface area contributed by atoms with E-state index in [4.69, 9.17) is 0 Å². The van der Waals surface area contributed by atoms with Gasteiger partial charge < -0.3 is 25.1 Å². The third kappa shape index (κ3) is 3.89. The zero-order valence-electron chi connectivity index (χ0n) is 7.70. The molecule has 0 aliphatic carbocycles. The van der Waals surface area contributed by atoms with E-state index in [2.05, 4.69) is 5.32 Å². The molecule has 2 unspecified atom stereocenters. The minimum atomic E-state index is -1.41. The molecule has 13 heavy (non-hydrogen) atoms. The fourth-order valence-electron chi connectivity index (χ4n) is 0.900. The highest BCUT2D eigenvalue weighted by Gasteiger charge is 2.18. The Morgan fingerprint density at radius 3 is 2.15 bits per heavy atom. The molecule has 0 radical (unpaired) electrons.